The molecule has 3 N–H and O–H groups in total. The first-order chi connectivity index (χ1) is 8.04. The van der Waals surface area contributed by atoms with Crippen molar-refractivity contribution in [2.45, 2.75) is 26.8 Å². The number of carbonyl (C=O) groups is 1. The van der Waals surface area contributed by atoms with Gasteiger partial charge in [-0.15, -0.1) is 0 Å². The van der Waals surface area contributed by atoms with E-state index in [0.29, 0.717) is 13.0 Å². The van der Waals surface area contributed by atoms with Gasteiger partial charge in [0, 0.05) is 6.54 Å². The molecule has 4 heteroatoms. The third-order valence-corrected chi connectivity index (χ3v) is 2.90. The molecule has 0 fully saturated rings. The van der Waals surface area contributed by atoms with Crippen molar-refractivity contribution < 1.29 is 4.79 Å². The fourth-order valence-corrected chi connectivity index (χ4v) is 1.92. The summed E-state index contributed by atoms with van der Waals surface area (Å²) in [7, 11) is 0. The monoisotopic (exact) mass is 250 g/mol. The van der Waals surface area contributed by atoms with Crippen LogP contribution >= 0.6 is 12.2 Å². The zero-order valence-corrected chi connectivity index (χ0v) is 11.0. The Kier molecular flexibility index (Phi) is 5.10. The molecule has 0 saturated heterocycles. The highest BCUT2D eigenvalue weighted by Crippen LogP contribution is 2.06. The van der Waals surface area contributed by atoms with E-state index in [2.05, 4.69) is 5.32 Å². The molecule has 0 radical (unpaired) electrons. The van der Waals surface area contributed by atoms with Crippen molar-refractivity contribution in [3.05, 3.63) is 35.4 Å². The smallest absolute Gasteiger partial charge is 0.230 e. The van der Waals surface area contributed by atoms with E-state index in [1.54, 1.807) is 0 Å². The van der Waals surface area contributed by atoms with Crippen molar-refractivity contribution in [2.24, 2.45) is 11.7 Å². The minimum Gasteiger partial charge on any atom is -0.393 e. The average Bonchev–Trinajstić information content (AvgIpc) is 2.27. The van der Waals surface area contributed by atoms with Crippen molar-refractivity contribution in [3.8, 4) is 0 Å². The van der Waals surface area contributed by atoms with E-state index in [4.69, 9.17) is 18.0 Å². The molecular weight excluding hydrogens is 232 g/mol. The molecule has 1 rings (SSSR count). The first kappa shape index (κ1) is 13.6. The molecular formula is C13H18N2OS. The minimum absolute atomic E-state index is 0.0958. The number of hydrogen-bond donors (Lipinski definition) is 2. The van der Waals surface area contributed by atoms with Gasteiger partial charge in [0.15, 0.2) is 0 Å². The van der Waals surface area contributed by atoms with Crippen molar-refractivity contribution in [3.63, 3.8) is 0 Å². The molecule has 17 heavy (non-hydrogen) atoms. The number of rotatable bonds is 5. The van der Waals surface area contributed by atoms with E-state index in [-0.39, 0.29) is 16.8 Å². The summed E-state index contributed by atoms with van der Waals surface area (Å²) in [6.45, 7) is 4.44. The number of hydrogen-bond acceptors (Lipinski definition) is 2. The van der Waals surface area contributed by atoms with E-state index in [1.807, 2.05) is 38.1 Å². The average molecular weight is 250 g/mol. The van der Waals surface area contributed by atoms with Gasteiger partial charge >= 0.3 is 0 Å². The van der Waals surface area contributed by atoms with Crippen molar-refractivity contribution in [1.82, 2.24) is 5.32 Å². The summed E-state index contributed by atoms with van der Waals surface area (Å²) >= 11 is 4.86. The maximum atomic E-state index is 11.8. The first-order valence-electron chi connectivity index (χ1n) is 5.67. The van der Waals surface area contributed by atoms with E-state index < -0.39 is 0 Å². The Morgan fingerprint density at radius 3 is 2.76 bits per heavy atom. The summed E-state index contributed by atoms with van der Waals surface area (Å²) in [6, 6.07) is 8.02. The summed E-state index contributed by atoms with van der Waals surface area (Å²) in [4.78, 5) is 12.1. The van der Waals surface area contributed by atoms with Crippen LogP contribution in [-0.2, 0) is 11.3 Å². The summed E-state index contributed by atoms with van der Waals surface area (Å²) < 4.78 is 0. The minimum atomic E-state index is -0.366. The maximum absolute atomic E-state index is 11.8. The highest BCUT2D eigenvalue weighted by atomic mass is 32.1. The van der Waals surface area contributed by atoms with Crippen LogP contribution in [0.15, 0.2) is 24.3 Å². The third-order valence-electron chi connectivity index (χ3n) is 2.62. The van der Waals surface area contributed by atoms with Crippen LogP contribution in [0.2, 0.25) is 0 Å². The molecule has 0 bridgehead atoms. The number of amides is 1. The van der Waals surface area contributed by atoms with Crippen LogP contribution in [0, 0.1) is 12.8 Å². The van der Waals surface area contributed by atoms with Gasteiger partial charge in [0.1, 0.15) is 0 Å². The van der Waals surface area contributed by atoms with E-state index >= 15 is 0 Å². The number of thiocarbonyl (C=S) groups is 1. The predicted molar refractivity (Wildman–Crippen MR) is 73.6 cm³/mol. The Bertz CT molecular complexity index is 418. The lowest BCUT2D eigenvalue weighted by Gasteiger charge is -2.13. The second-order valence-corrected chi connectivity index (χ2v) is 4.54. The molecule has 0 aliphatic heterocycles. The number of carbonyl (C=O) groups excluding carboxylic acids is 1. The molecule has 1 aromatic carbocycles. The van der Waals surface area contributed by atoms with Crippen LogP contribution in [0.1, 0.15) is 24.5 Å². The van der Waals surface area contributed by atoms with Crippen molar-refractivity contribution in [1.29, 1.82) is 0 Å². The van der Waals surface area contributed by atoms with Crippen LogP contribution in [0.25, 0.3) is 0 Å². The molecule has 1 aromatic rings. The Hall–Kier alpha value is -1.42. The Morgan fingerprint density at radius 2 is 2.24 bits per heavy atom. The lowest BCUT2D eigenvalue weighted by atomic mass is 10.1. The molecule has 1 unspecified atom stereocenters. The normalized spacial score (nSPS) is 11.9. The third kappa shape index (κ3) is 4.15. The summed E-state index contributed by atoms with van der Waals surface area (Å²) in [5, 5.41) is 2.85. The highest BCUT2D eigenvalue weighted by molar-refractivity contribution is 7.80. The predicted octanol–water partition coefficient (Wildman–Crippen LogP) is 1.92. The zero-order valence-electron chi connectivity index (χ0n) is 10.2. The molecule has 0 heterocycles. The quantitative estimate of drug-likeness (QED) is 0.785. The van der Waals surface area contributed by atoms with Gasteiger partial charge in [0.25, 0.3) is 0 Å². The van der Waals surface area contributed by atoms with Crippen LogP contribution in [0.3, 0.4) is 0 Å². The molecule has 0 saturated carbocycles. The summed E-state index contributed by atoms with van der Waals surface area (Å²) in [5.74, 6) is -0.462. The Labute approximate surface area is 107 Å². The second-order valence-electron chi connectivity index (χ2n) is 4.07. The molecule has 0 aliphatic rings. The standard InChI is InChI=1S/C13H18N2OS/c1-3-11(12(14)17)13(16)15-8-10-6-4-5-9(2)7-10/h4-7,11H,3,8H2,1-2H3,(H2,14,17)(H,15,16). The van der Waals surface area contributed by atoms with Gasteiger partial charge in [-0.2, -0.15) is 0 Å². The van der Waals surface area contributed by atoms with Gasteiger partial charge < -0.3 is 11.1 Å². The van der Waals surface area contributed by atoms with Gasteiger partial charge in [0.05, 0.1) is 10.9 Å². The molecule has 0 aromatic heterocycles. The van der Waals surface area contributed by atoms with Crippen LogP contribution in [0.4, 0.5) is 0 Å². The lowest BCUT2D eigenvalue weighted by molar-refractivity contribution is -0.123. The van der Waals surface area contributed by atoms with Crippen LogP contribution < -0.4 is 11.1 Å². The SMILES string of the molecule is CCC(C(=O)NCc1cccc(C)c1)C(N)=S. The van der Waals surface area contributed by atoms with Gasteiger partial charge in [0.2, 0.25) is 5.91 Å². The van der Waals surface area contributed by atoms with Gasteiger partial charge in [-0.25, -0.2) is 0 Å². The summed E-state index contributed by atoms with van der Waals surface area (Å²) in [6.07, 6.45) is 0.634. The fourth-order valence-electron chi connectivity index (χ4n) is 1.65. The van der Waals surface area contributed by atoms with E-state index in [0.717, 1.165) is 5.56 Å². The van der Waals surface area contributed by atoms with Crippen LogP contribution in [-0.4, -0.2) is 10.9 Å². The van der Waals surface area contributed by atoms with Gasteiger partial charge in [-0.05, 0) is 18.9 Å². The molecule has 1 atom stereocenters. The lowest BCUT2D eigenvalue weighted by Crippen LogP contribution is -2.37. The topological polar surface area (TPSA) is 55.1 Å². The molecule has 1 amide bonds. The highest BCUT2D eigenvalue weighted by Gasteiger charge is 2.18. The largest absolute Gasteiger partial charge is 0.393 e. The number of nitrogens with two attached hydrogens (primary N) is 1. The number of aryl methyl sites for hydroxylation is 1. The van der Waals surface area contributed by atoms with E-state index in [9.17, 15) is 4.79 Å². The van der Waals surface area contributed by atoms with Crippen molar-refractivity contribution >= 4 is 23.1 Å². The number of nitrogens with one attached hydrogen (secondary N) is 1. The second kappa shape index (κ2) is 6.35. The Balaban J connectivity index is 2.56. The zero-order chi connectivity index (χ0) is 12.8. The Morgan fingerprint density at radius 1 is 1.53 bits per heavy atom. The maximum Gasteiger partial charge on any atom is 0.230 e. The summed E-state index contributed by atoms with van der Waals surface area (Å²) in [5.41, 5.74) is 7.77. The van der Waals surface area contributed by atoms with Crippen LogP contribution in [0.5, 0.6) is 0 Å². The van der Waals surface area contributed by atoms with Gasteiger partial charge in [-0.3, -0.25) is 4.79 Å². The van der Waals surface area contributed by atoms with Gasteiger partial charge in [-0.1, -0.05) is 49.0 Å². The van der Waals surface area contributed by atoms with E-state index in [1.165, 1.54) is 5.56 Å². The first-order valence-corrected chi connectivity index (χ1v) is 6.08. The fraction of sp³-hybridized carbons (Fsp3) is 0.385. The van der Waals surface area contributed by atoms with Crippen molar-refractivity contribution in [2.75, 3.05) is 0 Å². The molecule has 0 aliphatic carbocycles. The molecule has 0 spiro atoms. The number of benzene rings is 1. The molecule has 92 valence electrons. The molecule has 3 nitrogen and oxygen atoms in total.